The smallest absolute Gasteiger partial charge is 0.282 e. The number of alkyl halides is 4. The summed E-state index contributed by atoms with van der Waals surface area (Å²) >= 11 is 0. The van der Waals surface area contributed by atoms with Gasteiger partial charge in [-0.25, -0.2) is 26.9 Å². The van der Waals surface area contributed by atoms with Crippen LogP contribution in [0, 0.1) is 5.82 Å². The fourth-order valence-corrected chi connectivity index (χ4v) is 4.67. The Balaban J connectivity index is 1.52. The number of nitrogens with one attached hydrogen (secondary N) is 1. The molecule has 0 saturated carbocycles. The van der Waals surface area contributed by atoms with E-state index in [1.807, 2.05) is 13.8 Å². The first-order valence-corrected chi connectivity index (χ1v) is 12.7. The molecule has 220 valence electrons. The van der Waals surface area contributed by atoms with Crippen molar-refractivity contribution >= 4 is 16.8 Å². The van der Waals surface area contributed by atoms with Crippen LogP contribution in [0.3, 0.4) is 0 Å². The van der Waals surface area contributed by atoms with E-state index in [1.165, 1.54) is 49.6 Å². The molecule has 2 N–H and O–H groups in total. The number of aliphatic hydroxyl groups is 1. The number of nitrogens with zero attached hydrogens (tertiary/aromatic N) is 3. The second-order valence-electron chi connectivity index (χ2n) is 10.5. The Hall–Kier alpha value is -4.39. The SMILES string of the molecule is COc1cc(C(=O)NC[C@](O)(c2cc3c(c(-c4ccc(F)cc4)n2)OCC3(C)C)C(F)F)cc2cc(C(F)F)nnc12. The molecule has 1 aliphatic rings. The molecule has 0 spiro atoms. The number of amides is 1. The van der Waals surface area contributed by atoms with Crippen LogP contribution in [0.2, 0.25) is 0 Å². The van der Waals surface area contributed by atoms with E-state index in [4.69, 9.17) is 9.47 Å². The van der Waals surface area contributed by atoms with E-state index < -0.39 is 53.5 Å². The molecule has 0 bridgehead atoms. The van der Waals surface area contributed by atoms with E-state index in [1.54, 1.807) is 0 Å². The molecule has 42 heavy (non-hydrogen) atoms. The van der Waals surface area contributed by atoms with Crippen LogP contribution in [-0.2, 0) is 11.0 Å². The van der Waals surface area contributed by atoms with Crippen molar-refractivity contribution in [3.63, 3.8) is 0 Å². The van der Waals surface area contributed by atoms with E-state index in [9.17, 15) is 31.9 Å². The Labute approximate surface area is 236 Å². The summed E-state index contributed by atoms with van der Waals surface area (Å²) in [6.45, 7) is 2.91. The second kappa shape index (κ2) is 10.8. The van der Waals surface area contributed by atoms with Crippen LogP contribution in [0.1, 0.15) is 47.6 Å². The van der Waals surface area contributed by atoms with Crippen molar-refractivity contribution in [2.24, 2.45) is 0 Å². The van der Waals surface area contributed by atoms with Gasteiger partial charge in [-0.3, -0.25) is 4.79 Å². The Morgan fingerprint density at radius 1 is 1.12 bits per heavy atom. The van der Waals surface area contributed by atoms with Crippen molar-refractivity contribution in [2.45, 2.75) is 37.7 Å². The number of benzene rings is 2. The summed E-state index contributed by atoms with van der Waals surface area (Å²) < 4.78 is 80.1. The summed E-state index contributed by atoms with van der Waals surface area (Å²) in [5.41, 5.74) is -3.62. The highest BCUT2D eigenvalue weighted by Crippen LogP contribution is 2.46. The number of pyridine rings is 1. The zero-order chi connectivity index (χ0) is 30.4. The van der Waals surface area contributed by atoms with Gasteiger partial charge in [0.15, 0.2) is 5.60 Å². The monoisotopic (exact) mass is 588 g/mol. The van der Waals surface area contributed by atoms with E-state index in [0.29, 0.717) is 16.9 Å². The van der Waals surface area contributed by atoms with Crippen molar-refractivity contribution in [3.05, 3.63) is 76.9 Å². The molecule has 0 unspecified atom stereocenters. The van der Waals surface area contributed by atoms with Gasteiger partial charge in [0.2, 0.25) is 0 Å². The normalized spacial score (nSPS) is 15.4. The largest absolute Gasteiger partial charge is 0.494 e. The quantitative estimate of drug-likeness (QED) is 0.268. The van der Waals surface area contributed by atoms with E-state index >= 15 is 0 Å². The summed E-state index contributed by atoms with van der Waals surface area (Å²) in [6.07, 6.45) is -6.31. The van der Waals surface area contributed by atoms with Gasteiger partial charge >= 0.3 is 0 Å². The molecule has 0 saturated heterocycles. The minimum absolute atomic E-state index is 0.0431. The highest BCUT2D eigenvalue weighted by Gasteiger charge is 2.45. The molecule has 5 rings (SSSR count). The zero-order valence-corrected chi connectivity index (χ0v) is 22.6. The van der Waals surface area contributed by atoms with E-state index in [-0.39, 0.29) is 34.5 Å². The third-order valence-corrected chi connectivity index (χ3v) is 7.10. The molecule has 2 aromatic heterocycles. The Bertz CT molecular complexity index is 1670. The van der Waals surface area contributed by atoms with Gasteiger partial charge in [0.25, 0.3) is 18.8 Å². The lowest BCUT2D eigenvalue weighted by Gasteiger charge is -2.29. The van der Waals surface area contributed by atoms with Crippen molar-refractivity contribution in [2.75, 3.05) is 20.3 Å². The van der Waals surface area contributed by atoms with Gasteiger partial charge in [-0.2, -0.15) is 0 Å². The predicted octanol–water partition coefficient (Wildman–Crippen LogP) is 5.33. The zero-order valence-electron chi connectivity index (χ0n) is 22.6. The highest BCUT2D eigenvalue weighted by molar-refractivity contribution is 5.99. The third kappa shape index (κ3) is 5.20. The Kier molecular flexibility index (Phi) is 7.48. The number of methoxy groups -OCH3 is 1. The van der Waals surface area contributed by atoms with Crippen molar-refractivity contribution < 1.29 is 41.3 Å². The topological polar surface area (TPSA) is 106 Å². The molecule has 1 aliphatic heterocycles. The number of hydrogen-bond acceptors (Lipinski definition) is 7. The van der Waals surface area contributed by atoms with Crippen LogP contribution in [0.25, 0.3) is 22.2 Å². The third-order valence-electron chi connectivity index (χ3n) is 7.10. The number of halogens is 5. The lowest BCUT2D eigenvalue weighted by molar-refractivity contribution is -0.101. The summed E-state index contributed by atoms with van der Waals surface area (Å²) in [7, 11) is 1.28. The number of fused-ring (bicyclic) bond motifs is 2. The molecule has 1 atom stereocenters. The number of rotatable bonds is 8. The Morgan fingerprint density at radius 2 is 1.83 bits per heavy atom. The maximum atomic E-state index is 14.6. The minimum Gasteiger partial charge on any atom is -0.494 e. The van der Waals surface area contributed by atoms with Crippen molar-refractivity contribution in [1.29, 1.82) is 0 Å². The number of aromatic nitrogens is 3. The molecule has 2 aromatic carbocycles. The maximum Gasteiger partial charge on any atom is 0.282 e. The van der Waals surface area contributed by atoms with Crippen LogP contribution in [0.4, 0.5) is 22.0 Å². The van der Waals surface area contributed by atoms with Gasteiger partial charge in [-0.15, -0.1) is 10.2 Å². The second-order valence-corrected chi connectivity index (χ2v) is 10.5. The molecule has 8 nitrogen and oxygen atoms in total. The predicted molar refractivity (Wildman–Crippen MR) is 141 cm³/mol. The number of carbonyl (C=O) groups is 1. The first-order valence-electron chi connectivity index (χ1n) is 12.7. The summed E-state index contributed by atoms with van der Waals surface area (Å²) in [5.74, 6) is -1.04. The van der Waals surface area contributed by atoms with E-state index in [2.05, 4.69) is 20.5 Å². The Morgan fingerprint density at radius 3 is 2.48 bits per heavy atom. The lowest BCUT2D eigenvalue weighted by Crippen LogP contribution is -2.46. The first kappa shape index (κ1) is 29.1. The number of ether oxygens (including phenoxy) is 2. The molecule has 13 heteroatoms. The van der Waals surface area contributed by atoms with Gasteiger partial charge in [-0.05, 0) is 48.5 Å². The van der Waals surface area contributed by atoms with Crippen molar-refractivity contribution in [3.8, 4) is 22.8 Å². The van der Waals surface area contributed by atoms with Gasteiger partial charge in [0, 0.05) is 27.5 Å². The molecular weight excluding hydrogens is 563 g/mol. The number of carbonyl (C=O) groups excluding carboxylic acids is 1. The summed E-state index contributed by atoms with van der Waals surface area (Å²) in [5, 5.41) is 20.9. The maximum absolute atomic E-state index is 14.6. The fraction of sp³-hybridized carbons (Fsp3) is 0.310. The average Bonchev–Trinajstić information content (AvgIpc) is 3.28. The lowest BCUT2D eigenvalue weighted by atomic mass is 9.84. The minimum atomic E-state index is -3.40. The number of hydrogen-bond donors (Lipinski definition) is 2. The summed E-state index contributed by atoms with van der Waals surface area (Å²) in [6, 6.07) is 10.0. The first-order chi connectivity index (χ1) is 19.8. The molecule has 1 amide bonds. The molecule has 0 fully saturated rings. The average molecular weight is 589 g/mol. The standard InChI is InChI=1S/C29H25F5N4O4/c1-28(2)13-42-24-18(28)11-21(36-23(24)14-4-6-17(30)7-5-14)29(40,27(33)34)12-35-26(39)16-8-15-9-19(25(31)32)37-38-22(15)20(10-16)41-3/h4-11,25,27,40H,12-13H2,1-3H3,(H,35,39)/t29-/m0/s1. The summed E-state index contributed by atoms with van der Waals surface area (Å²) in [4.78, 5) is 17.4. The van der Waals surface area contributed by atoms with Crippen LogP contribution in [-0.4, -0.2) is 52.9 Å². The van der Waals surface area contributed by atoms with Crippen LogP contribution < -0.4 is 14.8 Å². The van der Waals surface area contributed by atoms with Gasteiger partial charge in [0.05, 0.1) is 26.0 Å². The van der Waals surface area contributed by atoms with Crippen LogP contribution in [0.5, 0.6) is 11.5 Å². The molecule has 4 aromatic rings. The van der Waals surface area contributed by atoms with Gasteiger partial charge < -0.3 is 19.9 Å². The van der Waals surface area contributed by atoms with Crippen LogP contribution >= 0.6 is 0 Å². The fourth-order valence-electron chi connectivity index (χ4n) is 4.67. The molecule has 0 aliphatic carbocycles. The van der Waals surface area contributed by atoms with Crippen LogP contribution in [0.15, 0.2) is 48.5 Å². The molecular formula is C29H25F5N4O4. The molecule has 3 heterocycles. The highest BCUT2D eigenvalue weighted by atomic mass is 19.3. The van der Waals surface area contributed by atoms with Crippen molar-refractivity contribution in [1.82, 2.24) is 20.5 Å². The van der Waals surface area contributed by atoms with E-state index in [0.717, 1.165) is 6.07 Å². The van der Waals surface area contributed by atoms with Gasteiger partial charge in [0.1, 0.15) is 34.2 Å². The molecule has 0 radical (unpaired) electrons. The van der Waals surface area contributed by atoms with Gasteiger partial charge in [-0.1, -0.05) is 13.8 Å².